The van der Waals surface area contributed by atoms with Crippen molar-refractivity contribution in [3.8, 4) is 0 Å². The number of nitrogens with two attached hydrogens (primary N) is 2. The molecule has 0 aromatic heterocycles. The Balaban J connectivity index is -0.00000112. The summed E-state index contributed by atoms with van der Waals surface area (Å²) in [6, 6.07) is 0. The monoisotopic (exact) mass is 307 g/mol. The second kappa shape index (κ2) is 9.07. The van der Waals surface area contributed by atoms with Gasteiger partial charge in [-0.2, -0.15) is 0 Å². The fourth-order valence-corrected chi connectivity index (χ4v) is 0.774. The van der Waals surface area contributed by atoms with Gasteiger partial charge >= 0.3 is 5.97 Å². The maximum atomic E-state index is 13.2. The molecule has 1 unspecified atom stereocenters. The Bertz CT molecular complexity index is 343. The molecule has 0 aromatic rings. The Kier molecular flexibility index (Phi) is 11.2. The molecule has 0 aromatic carbocycles. The van der Waals surface area contributed by atoms with Crippen molar-refractivity contribution >= 4 is 36.6 Å². The summed E-state index contributed by atoms with van der Waals surface area (Å²) in [5.41, 5.74) is 8.54. The molecule has 0 aliphatic carbocycles. The number of carboxylic acid groups (broad SMARTS) is 1. The first-order valence-electron chi connectivity index (χ1n) is 4.48. The summed E-state index contributed by atoms with van der Waals surface area (Å²) >= 11 is 0. The highest BCUT2D eigenvalue weighted by atomic mass is 35.5. The van der Waals surface area contributed by atoms with Gasteiger partial charge in [-0.3, -0.25) is 9.79 Å². The lowest BCUT2D eigenvalue weighted by Crippen LogP contribution is -2.44. The van der Waals surface area contributed by atoms with E-state index in [1.54, 1.807) is 0 Å². The molecule has 0 saturated carbocycles. The van der Waals surface area contributed by atoms with E-state index in [1.807, 2.05) is 0 Å². The molecule has 0 aliphatic rings. The van der Waals surface area contributed by atoms with Gasteiger partial charge in [-0.15, -0.1) is 24.8 Å². The third-order valence-corrected chi connectivity index (χ3v) is 1.77. The summed E-state index contributed by atoms with van der Waals surface area (Å²) in [6.45, 7) is 1.97. The normalized spacial score (nSPS) is 15.7. The molecule has 5 N–H and O–H groups in total. The van der Waals surface area contributed by atoms with Gasteiger partial charge in [-0.25, -0.2) is 8.78 Å². The van der Waals surface area contributed by atoms with Crippen LogP contribution in [0.15, 0.2) is 16.6 Å². The third-order valence-electron chi connectivity index (χ3n) is 1.77. The van der Waals surface area contributed by atoms with Crippen molar-refractivity contribution in [1.82, 2.24) is 0 Å². The van der Waals surface area contributed by atoms with Crippen LogP contribution in [0, 0.1) is 0 Å². The van der Waals surface area contributed by atoms with Crippen molar-refractivity contribution in [2.75, 3.05) is 6.54 Å². The van der Waals surface area contributed by atoms with Crippen LogP contribution >= 0.6 is 24.8 Å². The number of carbonyl (C=O) groups is 1. The number of carboxylic acids is 1. The van der Waals surface area contributed by atoms with Gasteiger partial charge in [-0.05, 0) is 13.8 Å². The van der Waals surface area contributed by atoms with Crippen molar-refractivity contribution in [2.45, 2.75) is 25.8 Å². The topological polar surface area (TPSA) is 102 Å². The number of hydrogen-bond donors (Lipinski definition) is 3. The highest BCUT2D eigenvalue weighted by Crippen LogP contribution is 2.19. The van der Waals surface area contributed by atoms with E-state index in [-0.39, 0.29) is 30.6 Å². The van der Waals surface area contributed by atoms with Gasteiger partial charge in [0, 0.05) is 6.42 Å². The molecule has 0 radical (unpaired) electrons. The molecule has 0 rings (SSSR count). The Morgan fingerprint density at radius 3 is 2.11 bits per heavy atom. The second-order valence-corrected chi connectivity index (χ2v) is 3.67. The van der Waals surface area contributed by atoms with Crippen molar-refractivity contribution in [3.63, 3.8) is 0 Å². The maximum absolute atomic E-state index is 13.2. The zero-order chi connectivity index (χ0) is 12.9. The number of aliphatic imine (C=N–C) groups is 1. The van der Waals surface area contributed by atoms with E-state index in [0.29, 0.717) is 0 Å². The zero-order valence-electron chi connectivity index (χ0n) is 9.94. The maximum Gasteiger partial charge on any atom is 0.323 e. The molecular formula is C9H17Cl2F2N3O2. The lowest BCUT2D eigenvalue weighted by molar-refractivity contribution is -0.142. The molecule has 0 heterocycles. The summed E-state index contributed by atoms with van der Waals surface area (Å²) in [4.78, 5) is 14.0. The SMILES string of the molecule is CC(N)=NC/C(F)=C(\F)CC(C)(N)C(=O)O.Cl.Cl. The average Bonchev–Trinajstić information content (AvgIpc) is 2.12. The minimum atomic E-state index is -1.84. The molecule has 0 fully saturated rings. The minimum absolute atomic E-state index is 0. The van der Waals surface area contributed by atoms with Gasteiger partial charge in [0.05, 0.1) is 12.4 Å². The molecular weight excluding hydrogens is 291 g/mol. The molecule has 0 saturated heterocycles. The summed E-state index contributed by atoms with van der Waals surface area (Å²) < 4.78 is 26.2. The van der Waals surface area contributed by atoms with Crippen LogP contribution in [0.2, 0.25) is 0 Å². The van der Waals surface area contributed by atoms with Gasteiger partial charge in [0.2, 0.25) is 0 Å². The largest absolute Gasteiger partial charge is 0.480 e. The van der Waals surface area contributed by atoms with Gasteiger partial charge in [-0.1, -0.05) is 0 Å². The second-order valence-electron chi connectivity index (χ2n) is 3.67. The average molecular weight is 308 g/mol. The van der Waals surface area contributed by atoms with E-state index in [0.717, 1.165) is 6.92 Å². The number of rotatable bonds is 5. The predicted octanol–water partition coefficient (Wildman–Crippen LogP) is 1.55. The molecule has 0 spiro atoms. The smallest absolute Gasteiger partial charge is 0.323 e. The van der Waals surface area contributed by atoms with Crippen LogP contribution in [0.4, 0.5) is 8.78 Å². The standard InChI is InChI=1S/C9H15F2N3O2.2ClH/c1-5(12)14-4-7(11)6(10)3-9(2,13)8(15)16;;/h3-4,13H2,1-2H3,(H2,12,14)(H,15,16);2*1H/b7-6+;;. The molecule has 0 amide bonds. The van der Waals surface area contributed by atoms with Gasteiger partial charge in [0.1, 0.15) is 11.4 Å². The Morgan fingerprint density at radius 2 is 1.78 bits per heavy atom. The Hall–Kier alpha value is -0.920. The summed E-state index contributed by atoms with van der Waals surface area (Å²) in [7, 11) is 0. The first-order valence-corrected chi connectivity index (χ1v) is 4.48. The van der Waals surface area contributed by atoms with Crippen LogP contribution in [0.1, 0.15) is 20.3 Å². The predicted molar refractivity (Wildman–Crippen MR) is 70.7 cm³/mol. The van der Waals surface area contributed by atoms with Crippen molar-refractivity contribution < 1.29 is 18.7 Å². The number of hydrogen-bond acceptors (Lipinski definition) is 3. The molecule has 5 nitrogen and oxygen atoms in total. The molecule has 0 aliphatic heterocycles. The van der Waals surface area contributed by atoms with Gasteiger partial charge in [0.25, 0.3) is 0 Å². The van der Waals surface area contributed by atoms with Crippen LogP contribution < -0.4 is 11.5 Å². The third kappa shape index (κ3) is 8.21. The minimum Gasteiger partial charge on any atom is -0.480 e. The first kappa shape index (κ1) is 22.3. The quantitative estimate of drug-likeness (QED) is 0.529. The summed E-state index contributed by atoms with van der Waals surface area (Å²) in [5, 5.41) is 8.61. The van der Waals surface area contributed by atoms with Crippen molar-refractivity contribution in [2.24, 2.45) is 16.5 Å². The van der Waals surface area contributed by atoms with E-state index in [1.165, 1.54) is 6.92 Å². The molecule has 18 heavy (non-hydrogen) atoms. The van der Waals surface area contributed by atoms with Crippen LogP contribution in [-0.4, -0.2) is 29.0 Å². The van der Waals surface area contributed by atoms with Crippen molar-refractivity contribution in [3.05, 3.63) is 11.7 Å². The highest BCUT2D eigenvalue weighted by Gasteiger charge is 2.30. The van der Waals surface area contributed by atoms with E-state index in [4.69, 9.17) is 16.6 Å². The Labute approximate surface area is 116 Å². The lowest BCUT2D eigenvalue weighted by atomic mass is 9.98. The fraction of sp³-hybridized carbons (Fsp3) is 0.556. The number of halogens is 4. The summed E-state index contributed by atoms with van der Waals surface area (Å²) in [6.07, 6.45) is -0.729. The van der Waals surface area contributed by atoms with Crippen LogP contribution in [0.5, 0.6) is 0 Å². The molecule has 0 bridgehead atoms. The fourth-order valence-electron chi connectivity index (χ4n) is 0.774. The van der Waals surface area contributed by atoms with Gasteiger partial charge in [0.15, 0.2) is 5.83 Å². The van der Waals surface area contributed by atoms with Gasteiger partial charge < -0.3 is 16.6 Å². The van der Waals surface area contributed by atoms with Crippen LogP contribution in [0.3, 0.4) is 0 Å². The number of amidine groups is 1. The zero-order valence-corrected chi connectivity index (χ0v) is 11.6. The number of aliphatic carboxylic acids is 1. The lowest BCUT2D eigenvalue weighted by Gasteiger charge is -2.17. The van der Waals surface area contributed by atoms with E-state index in [9.17, 15) is 13.6 Å². The van der Waals surface area contributed by atoms with Crippen LogP contribution in [0.25, 0.3) is 0 Å². The van der Waals surface area contributed by atoms with E-state index >= 15 is 0 Å². The first-order chi connectivity index (χ1) is 7.16. The Morgan fingerprint density at radius 1 is 1.33 bits per heavy atom. The van der Waals surface area contributed by atoms with E-state index in [2.05, 4.69) is 4.99 Å². The molecule has 1 atom stereocenters. The molecule has 108 valence electrons. The molecule has 9 heteroatoms. The number of nitrogens with zero attached hydrogens (tertiary/aromatic N) is 1. The van der Waals surface area contributed by atoms with E-state index < -0.39 is 36.1 Å². The highest BCUT2D eigenvalue weighted by molar-refractivity contribution is 5.85. The van der Waals surface area contributed by atoms with Crippen LogP contribution in [-0.2, 0) is 4.79 Å². The van der Waals surface area contributed by atoms with Crippen molar-refractivity contribution in [1.29, 1.82) is 0 Å². The summed E-state index contributed by atoms with van der Waals surface area (Å²) in [5.74, 6) is -3.69.